The second-order valence-electron chi connectivity index (χ2n) is 4.91. The highest BCUT2D eigenvalue weighted by Crippen LogP contribution is 2.10. The van der Waals surface area contributed by atoms with Crippen molar-refractivity contribution in [3.63, 3.8) is 0 Å². The molecule has 0 spiro atoms. The fourth-order valence-electron chi connectivity index (χ4n) is 1.65. The van der Waals surface area contributed by atoms with E-state index in [1.165, 1.54) is 12.8 Å². The van der Waals surface area contributed by atoms with E-state index in [-0.39, 0.29) is 6.04 Å². The molecule has 0 aromatic rings. The predicted molar refractivity (Wildman–Crippen MR) is 74.2 cm³/mol. The van der Waals surface area contributed by atoms with Gasteiger partial charge in [-0.25, -0.2) is 0 Å². The summed E-state index contributed by atoms with van der Waals surface area (Å²) >= 11 is 0. The highest BCUT2D eigenvalue weighted by Gasteiger charge is 2.16. The first-order chi connectivity index (χ1) is 8.54. The van der Waals surface area contributed by atoms with Crippen molar-refractivity contribution in [3.05, 3.63) is 0 Å². The first kappa shape index (κ1) is 16.9. The lowest BCUT2D eigenvalue weighted by atomic mass is 9.99. The molecular weight excluding hydrogens is 228 g/mol. The van der Waals surface area contributed by atoms with Gasteiger partial charge in [-0.2, -0.15) is 0 Å². The van der Waals surface area contributed by atoms with Crippen LogP contribution in [0.15, 0.2) is 0 Å². The van der Waals surface area contributed by atoms with E-state index in [0.29, 0.717) is 12.5 Å². The molecule has 0 unspecified atom stereocenters. The lowest BCUT2D eigenvalue weighted by molar-refractivity contribution is -0.139. The summed E-state index contributed by atoms with van der Waals surface area (Å²) in [6, 6.07) is 0.0466. The van der Waals surface area contributed by atoms with Crippen LogP contribution in [0.3, 0.4) is 0 Å². The summed E-state index contributed by atoms with van der Waals surface area (Å²) in [5.74, 6) is -0.551. The van der Waals surface area contributed by atoms with Gasteiger partial charge in [0.05, 0.1) is 0 Å². The molecule has 0 aliphatic rings. The van der Waals surface area contributed by atoms with E-state index in [9.17, 15) is 9.59 Å². The molecule has 0 aliphatic heterocycles. The molecule has 0 saturated carbocycles. The quantitative estimate of drug-likeness (QED) is 0.654. The third-order valence-electron chi connectivity index (χ3n) is 3.29. The summed E-state index contributed by atoms with van der Waals surface area (Å²) in [4.78, 5) is 23.1. The van der Waals surface area contributed by atoms with Crippen molar-refractivity contribution in [1.82, 2.24) is 10.6 Å². The number of nitrogens with one attached hydrogen (secondary N) is 2. The minimum atomic E-state index is -0.519. The zero-order valence-corrected chi connectivity index (χ0v) is 12.2. The standard InChI is InChI=1S/C14H28N2O2/c1-5-8-9-12(7-3)10-15-13(17)14(18)16-11(4)6-2/h11-12H,5-10H2,1-4H3,(H,15,17)(H,16,18)/t11-,12+/m0/s1. The first-order valence-electron chi connectivity index (χ1n) is 7.13. The van der Waals surface area contributed by atoms with Gasteiger partial charge in [-0.15, -0.1) is 0 Å². The molecule has 0 aromatic carbocycles. The van der Waals surface area contributed by atoms with Gasteiger partial charge in [0.2, 0.25) is 0 Å². The molecule has 0 saturated heterocycles. The average Bonchev–Trinajstić information content (AvgIpc) is 2.38. The van der Waals surface area contributed by atoms with E-state index in [0.717, 1.165) is 19.3 Å². The molecule has 0 heterocycles. The van der Waals surface area contributed by atoms with E-state index < -0.39 is 11.8 Å². The molecule has 0 rings (SSSR count). The number of carbonyl (C=O) groups excluding carboxylic acids is 2. The van der Waals surface area contributed by atoms with Crippen LogP contribution in [0.25, 0.3) is 0 Å². The van der Waals surface area contributed by atoms with Gasteiger partial charge in [-0.3, -0.25) is 9.59 Å². The van der Waals surface area contributed by atoms with E-state index in [4.69, 9.17) is 0 Å². The molecule has 106 valence electrons. The molecule has 4 heteroatoms. The van der Waals surface area contributed by atoms with E-state index in [2.05, 4.69) is 24.5 Å². The zero-order chi connectivity index (χ0) is 14.0. The molecule has 2 atom stereocenters. The van der Waals surface area contributed by atoms with Crippen molar-refractivity contribution in [2.24, 2.45) is 5.92 Å². The minimum Gasteiger partial charge on any atom is -0.348 e. The molecule has 0 radical (unpaired) electrons. The Kier molecular flexibility index (Phi) is 9.33. The van der Waals surface area contributed by atoms with Gasteiger partial charge in [0.1, 0.15) is 0 Å². The Morgan fingerprint density at radius 3 is 2.22 bits per heavy atom. The number of hydrogen-bond donors (Lipinski definition) is 2. The van der Waals surface area contributed by atoms with Crippen molar-refractivity contribution in [2.45, 2.75) is 65.8 Å². The van der Waals surface area contributed by atoms with Crippen LogP contribution in [0.1, 0.15) is 59.8 Å². The number of hydrogen-bond acceptors (Lipinski definition) is 2. The number of rotatable bonds is 8. The highest BCUT2D eigenvalue weighted by molar-refractivity contribution is 6.35. The van der Waals surface area contributed by atoms with Crippen LogP contribution < -0.4 is 10.6 Å². The fourth-order valence-corrected chi connectivity index (χ4v) is 1.65. The summed E-state index contributed by atoms with van der Waals surface area (Å²) in [6.45, 7) is 8.74. The SMILES string of the molecule is CCCC[C@@H](CC)CNC(=O)C(=O)N[C@@H](C)CC. The first-order valence-corrected chi connectivity index (χ1v) is 7.13. The smallest absolute Gasteiger partial charge is 0.309 e. The van der Waals surface area contributed by atoms with Crippen molar-refractivity contribution >= 4 is 11.8 Å². The fraction of sp³-hybridized carbons (Fsp3) is 0.857. The van der Waals surface area contributed by atoms with Crippen LogP contribution >= 0.6 is 0 Å². The van der Waals surface area contributed by atoms with Crippen molar-refractivity contribution in [3.8, 4) is 0 Å². The van der Waals surface area contributed by atoms with Gasteiger partial charge in [0.15, 0.2) is 0 Å². The molecule has 0 bridgehead atoms. The predicted octanol–water partition coefficient (Wildman–Crippen LogP) is 2.23. The van der Waals surface area contributed by atoms with Gasteiger partial charge in [0, 0.05) is 12.6 Å². The maximum absolute atomic E-state index is 11.6. The Morgan fingerprint density at radius 1 is 1.06 bits per heavy atom. The van der Waals surface area contributed by atoms with E-state index in [1.54, 1.807) is 0 Å². The molecular formula is C14H28N2O2. The average molecular weight is 256 g/mol. The lowest BCUT2D eigenvalue weighted by Crippen LogP contribution is -2.44. The zero-order valence-electron chi connectivity index (χ0n) is 12.2. The molecule has 4 nitrogen and oxygen atoms in total. The summed E-state index contributed by atoms with van der Waals surface area (Å²) in [5.41, 5.74) is 0. The van der Waals surface area contributed by atoms with Crippen LogP contribution in [0.2, 0.25) is 0 Å². The summed E-state index contributed by atoms with van der Waals surface area (Å²) in [5, 5.41) is 5.38. The highest BCUT2D eigenvalue weighted by atomic mass is 16.2. The largest absolute Gasteiger partial charge is 0.348 e. The normalized spacial score (nSPS) is 13.8. The third kappa shape index (κ3) is 7.30. The number of carbonyl (C=O) groups is 2. The van der Waals surface area contributed by atoms with Gasteiger partial charge < -0.3 is 10.6 Å². The molecule has 18 heavy (non-hydrogen) atoms. The van der Waals surface area contributed by atoms with Gasteiger partial charge in [-0.1, -0.05) is 40.0 Å². The van der Waals surface area contributed by atoms with Crippen molar-refractivity contribution in [1.29, 1.82) is 0 Å². The monoisotopic (exact) mass is 256 g/mol. The van der Waals surface area contributed by atoms with Crippen LogP contribution in [0, 0.1) is 5.92 Å². The lowest BCUT2D eigenvalue weighted by Gasteiger charge is -2.16. The molecule has 0 fully saturated rings. The summed E-state index contributed by atoms with van der Waals surface area (Å²) < 4.78 is 0. The Balaban J connectivity index is 3.95. The van der Waals surface area contributed by atoms with E-state index in [1.807, 2.05) is 13.8 Å². The van der Waals surface area contributed by atoms with Crippen molar-refractivity contribution in [2.75, 3.05) is 6.54 Å². The van der Waals surface area contributed by atoms with Crippen molar-refractivity contribution < 1.29 is 9.59 Å². The van der Waals surface area contributed by atoms with Crippen LogP contribution in [-0.2, 0) is 9.59 Å². The maximum atomic E-state index is 11.6. The van der Waals surface area contributed by atoms with E-state index >= 15 is 0 Å². The topological polar surface area (TPSA) is 58.2 Å². The maximum Gasteiger partial charge on any atom is 0.309 e. The minimum absolute atomic E-state index is 0.0466. The van der Waals surface area contributed by atoms with Gasteiger partial charge in [-0.05, 0) is 25.7 Å². The Morgan fingerprint density at radius 2 is 1.72 bits per heavy atom. The molecule has 0 aromatic heterocycles. The Labute approximate surface area is 111 Å². The Hall–Kier alpha value is -1.06. The number of amides is 2. The molecule has 0 aliphatic carbocycles. The number of unbranched alkanes of at least 4 members (excludes halogenated alkanes) is 1. The van der Waals surface area contributed by atoms with Gasteiger partial charge >= 0.3 is 11.8 Å². The third-order valence-corrected chi connectivity index (χ3v) is 3.29. The van der Waals surface area contributed by atoms with Crippen LogP contribution in [0.4, 0.5) is 0 Å². The summed E-state index contributed by atoms with van der Waals surface area (Å²) in [7, 11) is 0. The second-order valence-corrected chi connectivity index (χ2v) is 4.91. The van der Waals surface area contributed by atoms with Crippen LogP contribution in [0.5, 0.6) is 0 Å². The van der Waals surface area contributed by atoms with Gasteiger partial charge in [0.25, 0.3) is 0 Å². The Bertz CT molecular complexity index is 254. The summed E-state index contributed by atoms with van der Waals surface area (Å²) in [6.07, 6.45) is 5.31. The second kappa shape index (κ2) is 9.92. The molecule has 2 amide bonds. The van der Waals surface area contributed by atoms with Crippen LogP contribution in [-0.4, -0.2) is 24.4 Å². The molecule has 2 N–H and O–H groups in total.